The second kappa shape index (κ2) is 32.6. The number of hydrogen-bond acceptors (Lipinski definition) is 8. The standard InChI is InChI=1S/C50H28N2S2.C46H27N3S.C40H23N3S/c1-3-18-33-31(16-1)43-35-20-5-9-24-39(35)51(47(43)49-45(33)37-22-7-11-26-41(37)53-49)29-14-13-15-30(28-29)52-40-25-10-6-21-36(40)44-32-17-2-4-19-34(32)46-38-23-8-12-27-42(38)54-50(46)48(44)52;1-2-12-28(13-3-1)30-24-22-29-23-25-31(27-32(29)26-30)43-35-16-6-9-19-38(35)47-46(48-43)49-39-20-10-7-17-36(39)41-33-14-4-5-15-34(33)42-37-18-8-11-21-40(37)50-45(42)44(41)49;1-2-13-25(14-3-1)36-31-23-22-24-12-4-5-15-26(24)37(31)42-40(41-36)43-32-20-10-8-18-29(32)34-27-16-6-7-17-28(27)35-30-19-9-11-21-33(30)44-39(35)38(34)43/h1-28H;1-27H;1-23H. The molecular formula is C136H78N8S4. The lowest BCUT2D eigenvalue weighted by Gasteiger charge is -2.14. The highest BCUT2D eigenvalue weighted by atomic mass is 32.1. The van der Waals surface area contributed by atoms with E-state index in [9.17, 15) is 0 Å². The molecule has 0 bridgehead atoms. The van der Waals surface area contributed by atoms with Crippen molar-refractivity contribution in [2.75, 3.05) is 0 Å². The van der Waals surface area contributed by atoms with E-state index in [0.29, 0.717) is 11.9 Å². The second-order valence-electron chi connectivity index (χ2n) is 38.7. The number of aromatic nitrogens is 8. The zero-order valence-corrected chi connectivity index (χ0v) is 82.5. The Morgan fingerprint density at radius 1 is 0.162 bits per heavy atom. The molecule has 12 heteroatoms. The van der Waals surface area contributed by atoms with E-state index >= 15 is 0 Å². The minimum Gasteiger partial charge on any atom is -0.308 e. The van der Waals surface area contributed by atoms with Crippen LogP contribution in [0.1, 0.15) is 0 Å². The highest BCUT2D eigenvalue weighted by Crippen LogP contribution is 2.55. The number of para-hydroxylation sites is 5. The summed E-state index contributed by atoms with van der Waals surface area (Å²) < 4.78 is 20.1. The van der Waals surface area contributed by atoms with Crippen LogP contribution in [0.25, 0.3) is 311 Å². The van der Waals surface area contributed by atoms with E-state index in [1.807, 2.05) is 45.3 Å². The molecule has 34 aromatic rings. The molecule has 34 rings (SSSR count). The molecule has 10 heterocycles. The van der Waals surface area contributed by atoms with Crippen LogP contribution in [-0.4, -0.2) is 38.2 Å². The Labute approximate surface area is 860 Å². The number of thiophene rings is 4. The van der Waals surface area contributed by atoms with E-state index in [-0.39, 0.29) is 0 Å². The first-order chi connectivity index (χ1) is 73.5. The van der Waals surface area contributed by atoms with Crippen molar-refractivity contribution in [2.24, 2.45) is 0 Å². The molecule has 0 unspecified atom stereocenters. The molecule has 0 saturated carbocycles. The van der Waals surface area contributed by atoms with E-state index in [4.69, 9.17) is 19.9 Å². The number of nitrogens with zero attached hydrogens (tertiary/aromatic N) is 8. The number of rotatable bonds is 7. The maximum absolute atomic E-state index is 5.50. The summed E-state index contributed by atoms with van der Waals surface area (Å²) in [6, 6.07) is 171. The van der Waals surface area contributed by atoms with Crippen molar-refractivity contribution >= 4 is 300 Å². The summed E-state index contributed by atoms with van der Waals surface area (Å²) in [5, 5.41) is 37.7. The molecular weight excluding hydrogens is 1870 g/mol. The van der Waals surface area contributed by atoms with Gasteiger partial charge in [-0.25, -0.2) is 19.9 Å². The van der Waals surface area contributed by atoms with Crippen LogP contribution in [-0.2, 0) is 0 Å². The van der Waals surface area contributed by atoms with Gasteiger partial charge in [-0.1, -0.05) is 382 Å². The Hall–Kier alpha value is -18.4. The summed E-state index contributed by atoms with van der Waals surface area (Å²) in [6.45, 7) is 0. The van der Waals surface area contributed by atoms with Crippen molar-refractivity contribution in [1.29, 1.82) is 0 Å². The van der Waals surface area contributed by atoms with Gasteiger partial charge in [0, 0.05) is 144 Å². The SMILES string of the molecule is c1cc(-n2c3ccccc3c3c4ccccc4c4c5ccccc5sc4c32)cc(-n2c3ccccc3c3c4ccccc4c4c5ccccc5sc4c32)c1.c1ccc(-c2ccc3ccc(-c4nc(-n5c6ccccc6c6c7ccccc7c7c8ccccc8sc7c65)nc5ccccc45)cc3c2)cc1.c1ccc(-c2nc(-n3c4ccccc4c4c5ccccc5c5c6ccccc6sc5c43)nc3c2ccc2ccccc23)cc1. The maximum atomic E-state index is 5.50. The summed E-state index contributed by atoms with van der Waals surface area (Å²) in [6.07, 6.45) is 0. The number of benzene rings is 24. The fourth-order valence-corrected chi connectivity index (χ4v) is 29.6. The molecule has 24 aromatic carbocycles. The van der Waals surface area contributed by atoms with Gasteiger partial charge < -0.3 is 9.13 Å². The van der Waals surface area contributed by atoms with Crippen LogP contribution in [0.5, 0.6) is 0 Å². The molecule has 0 aliphatic rings. The summed E-state index contributed by atoms with van der Waals surface area (Å²) in [7, 11) is 0. The maximum Gasteiger partial charge on any atom is 0.235 e. The molecule has 0 N–H and O–H groups in total. The molecule has 0 atom stereocenters. The quantitative estimate of drug-likeness (QED) is 0.149. The minimum atomic E-state index is 0.678. The second-order valence-corrected chi connectivity index (χ2v) is 42.9. The van der Waals surface area contributed by atoms with Gasteiger partial charge in [0.2, 0.25) is 11.9 Å². The third kappa shape index (κ3) is 12.2. The highest BCUT2D eigenvalue weighted by molar-refractivity contribution is 7.28. The predicted octanol–water partition coefficient (Wildman–Crippen LogP) is 38.7. The summed E-state index contributed by atoms with van der Waals surface area (Å²) in [5.41, 5.74) is 20.2. The van der Waals surface area contributed by atoms with Gasteiger partial charge in [-0.3, -0.25) is 9.13 Å². The van der Waals surface area contributed by atoms with Crippen LogP contribution in [0.4, 0.5) is 0 Å². The van der Waals surface area contributed by atoms with Crippen LogP contribution in [0.2, 0.25) is 0 Å². The molecule has 0 radical (unpaired) electrons. The lowest BCUT2D eigenvalue weighted by Crippen LogP contribution is -2.04. The van der Waals surface area contributed by atoms with Crippen molar-refractivity contribution in [2.45, 2.75) is 0 Å². The molecule has 0 aliphatic heterocycles. The van der Waals surface area contributed by atoms with Gasteiger partial charge in [0.25, 0.3) is 0 Å². The Bertz CT molecular complexity index is 11500. The lowest BCUT2D eigenvalue weighted by molar-refractivity contribution is 1.02. The molecule has 0 aliphatic carbocycles. The molecule has 0 fully saturated rings. The van der Waals surface area contributed by atoms with Crippen LogP contribution in [0.3, 0.4) is 0 Å². The Kier molecular flexibility index (Phi) is 18.3. The Morgan fingerprint density at radius 3 is 0.892 bits per heavy atom. The smallest absolute Gasteiger partial charge is 0.235 e. The van der Waals surface area contributed by atoms with Crippen LogP contribution in [0, 0.1) is 0 Å². The monoisotopic (exact) mass is 1950 g/mol. The van der Waals surface area contributed by atoms with E-state index in [1.165, 1.54) is 222 Å². The molecule has 686 valence electrons. The Balaban J connectivity index is 0.0000000989. The van der Waals surface area contributed by atoms with Gasteiger partial charge >= 0.3 is 0 Å². The third-order valence-corrected chi connectivity index (χ3v) is 35.5. The molecule has 8 nitrogen and oxygen atoms in total. The molecule has 0 spiro atoms. The van der Waals surface area contributed by atoms with Gasteiger partial charge in [-0.2, -0.15) is 0 Å². The van der Waals surface area contributed by atoms with Crippen LogP contribution in [0.15, 0.2) is 473 Å². The topological polar surface area (TPSA) is 71.3 Å². The van der Waals surface area contributed by atoms with Gasteiger partial charge in [0.15, 0.2) is 0 Å². The van der Waals surface area contributed by atoms with Crippen molar-refractivity contribution in [1.82, 2.24) is 38.2 Å². The van der Waals surface area contributed by atoms with Crippen molar-refractivity contribution in [3.63, 3.8) is 0 Å². The lowest BCUT2D eigenvalue weighted by atomic mass is 9.98. The van der Waals surface area contributed by atoms with E-state index in [1.54, 1.807) is 0 Å². The first-order valence-corrected chi connectivity index (χ1v) is 53.5. The van der Waals surface area contributed by atoms with E-state index in [0.717, 1.165) is 77.6 Å². The van der Waals surface area contributed by atoms with Gasteiger partial charge in [-0.15, -0.1) is 45.3 Å². The molecule has 10 aromatic heterocycles. The van der Waals surface area contributed by atoms with E-state index in [2.05, 4.69) is 491 Å². The molecule has 0 saturated heterocycles. The minimum absolute atomic E-state index is 0.678. The first kappa shape index (κ1) is 83.1. The van der Waals surface area contributed by atoms with Gasteiger partial charge in [0.05, 0.1) is 85.4 Å². The summed E-state index contributed by atoms with van der Waals surface area (Å²) in [5.74, 6) is 1.37. The summed E-state index contributed by atoms with van der Waals surface area (Å²) >= 11 is 7.55. The zero-order valence-electron chi connectivity index (χ0n) is 79.2. The zero-order chi connectivity index (χ0) is 96.6. The number of hydrogen-bond donors (Lipinski definition) is 0. The largest absolute Gasteiger partial charge is 0.308 e. The molecule has 0 amide bonds. The average Bonchev–Trinajstić information content (AvgIpc) is 1.54. The van der Waals surface area contributed by atoms with E-state index < -0.39 is 0 Å². The fourth-order valence-electron chi connectivity index (χ4n) is 24.6. The predicted molar refractivity (Wildman–Crippen MR) is 636 cm³/mol. The van der Waals surface area contributed by atoms with Gasteiger partial charge in [0.1, 0.15) is 0 Å². The fraction of sp³-hybridized carbons (Fsp3) is 0. The molecule has 148 heavy (non-hydrogen) atoms. The van der Waals surface area contributed by atoms with Crippen LogP contribution < -0.4 is 0 Å². The van der Waals surface area contributed by atoms with Gasteiger partial charge in [-0.05, 0) is 161 Å². The van der Waals surface area contributed by atoms with Crippen molar-refractivity contribution < 1.29 is 0 Å². The summed E-state index contributed by atoms with van der Waals surface area (Å²) in [4.78, 5) is 21.7. The Morgan fingerprint density at radius 2 is 0.466 bits per heavy atom. The normalized spacial score (nSPS) is 12.2. The average molecular weight is 1950 g/mol. The number of fused-ring (bicyclic) bond motifs is 45. The van der Waals surface area contributed by atoms with Crippen LogP contribution >= 0.6 is 45.3 Å². The van der Waals surface area contributed by atoms with Crippen molar-refractivity contribution in [3.05, 3.63) is 473 Å². The first-order valence-electron chi connectivity index (χ1n) is 50.2. The highest BCUT2D eigenvalue weighted by Gasteiger charge is 2.31. The third-order valence-electron chi connectivity index (χ3n) is 30.8. The van der Waals surface area contributed by atoms with Crippen molar-refractivity contribution in [3.8, 4) is 56.9 Å².